The lowest BCUT2D eigenvalue weighted by atomic mass is 10.1. The first-order valence-corrected chi connectivity index (χ1v) is 8.93. The summed E-state index contributed by atoms with van der Waals surface area (Å²) in [7, 11) is 3.51. The highest BCUT2D eigenvalue weighted by Crippen LogP contribution is 2.30. The van der Waals surface area contributed by atoms with Gasteiger partial charge in [0.2, 0.25) is 5.95 Å². The van der Waals surface area contributed by atoms with Crippen LogP contribution in [0.2, 0.25) is 0 Å². The summed E-state index contributed by atoms with van der Waals surface area (Å²) < 4.78 is 7.52. The monoisotopic (exact) mass is 365 g/mol. The Morgan fingerprint density at radius 2 is 2.11 bits per heavy atom. The summed E-state index contributed by atoms with van der Waals surface area (Å²) in [5.41, 5.74) is 5.08. The molecular weight excluding hydrogens is 342 g/mol. The molecule has 4 rings (SSSR count). The lowest BCUT2D eigenvalue weighted by Crippen LogP contribution is -2.25. The third kappa shape index (κ3) is 3.43. The Morgan fingerprint density at radius 3 is 2.93 bits per heavy atom. The van der Waals surface area contributed by atoms with Crippen LogP contribution in [-0.4, -0.2) is 40.5 Å². The normalized spacial score (nSPS) is 13.1. The highest BCUT2D eigenvalue weighted by Gasteiger charge is 2.18. The lowest BCUT2D eigenvalue weighted by Gasteiger charge is -2.17. The van der Waals surface area contributed by atoms with Crippen molar-refractivity contribution in [2.75, 3.05) is 31.3 Å². The van der Waals surface area contributed by atoms with Crippen LogP contribution in [0.15, 0.2) is 30.5 Å². The van der Waals surface area contributed by atoms with Crippen LogP contribution >= 0.6 is 0 Å². The van der Waals surface area contributed by atoms with Crippen molar-refractivity contribution in [2.45, 2.75) is 19.9 Å². The van der Waals surface area contributed by atoms with Crippen LogP contribution in [0.4, 0.5) is 17.5 Å². The minimum atomic E-state index is 0.541. The number of anilines is 3. The minimum Gasteiger partial charge on any atom is -0.494 e. The number of ether oxygens (including phenoxy) is 1. The standard InChI is InChI=1S/C19H23N7O/c1-12-8-18(20-2)25-19(23-12)24-14-4-5-17(27-3)15(9-14)26-16-11-21-7-6-13(16)10-22-26/h4-5,8-10,21H,6-7,11H2,1-3H3,(H2,20,23,24,25). The Kier molecular flexibility index (Phi) is 4.64. The van der Waals surface area contributed by atoms with Crippen molar-refractivity contribution in [1.82, 2.24) is 25.1 Å². The second-order valence-electron chi connectivity index (χ2n) is 6.43. The predicted molar refractivity (Wildman–Crippen MR) is 105 cm³/mol. The van der Waals surface area contributed by atoms with E-state index in [0.717, 1.165) is 48.1 Å². The van der Waals surface area contributed by atoms with Crippen molar-refractivity contribution in [3.63, 3.8) is 0 Å². The number of methoxy groups -OCH3 is 1. The molecule has 0 amide bonds. The number of benzene rings is 1. The number of aryl methyl sites for hydroxylation is 1. The fourth-order valence-corrected chi connectivity index (χ4v) is 3.26. The molecule has 27 heavy (non-hydrogen) atoms. The van der Waals surface area contributed by atoms with Crippen LogP contribution in [0.5, 0.6) is 5.75 Å². The maximum absolute atomic E-state index is 5.57. The molecule has 8 nitrogen and oxygen atoms in total. The molecule has 1 aliphatic rings. The molecule has 1 aliphatic heterocycles. The van der Waals surface area contributed by atoms with Gasteiger partial charge in [-0.15, -0.1) is 0 Å². The summed E-state index contributed by atoms with van der Waals surface area (Å²) in [5, 5.41) is 14.3. The van der Waals surface area contributed by atoms with Gasteiger partial charge in [-0.2, -0.15) is 10.1 Å². The zero-order valence-corrected chi connectivity index (χ0v) is 15.7. The number of hydrogen-bond acceptors (Lipinski definition) is 7. The van der Waals surface area contributed by atoms with Crippen LogP contribution in [0.1, 0.15) is 17.0 Å². The lowest BCUT2D eigenvalue weighted by molar-refractivity contribution is 0.411. The molecule has 0 aliphatic carbocycles. The Morgan fingerprint density at radius 1 is 1.22 bits per heavy atom. The molecule has 3 N–H and O–H groups in total. The van der Waals surface area contributed by atoms with Gasteiger partial charge in [-0.25, -0.2) is 9.67 Å². The van der Waals surface area contributed by atoms with E-state index in [2.05, 4.69) is 31.0 Å². The summed E-state index contributed by atoms with van der Waals surface area (Å²) in [6.07, 6.45) is 2.93. The van der Waals surface area contributed by atoms with E-state index in [1.165, 1.54) is 11.3 Å². The molecule has 0 saturated heterocycles. The highest BCUT2D eigenvalue weighted by molar-refractivity contribution is 5.63. The largest absolute Gasteiger partial charge is 0.494 e. The van der Waals surface area contributed by atoms with Gasteiger partial charge in [0.25, 0.3) is 0 Å². The van der Waals surface area contributed by atoms with E-state index in [9.17, 15) is 0 Å². The van der Waals surface area contributed by atoms with E-state index >= 15 is 0 Å². The van der Waals surface area contributed by atoms with Crippen molar-refractivity contribution >= 4 is 17.5 Å². The van der Waals surface area contributed by atoms with Crippen LogP contribution in [-0.2, 0) is 13.0 Å². The summed E-state index contributed by atoms with van der Waals surface area (Å²) in [6, 6.07) is 7.77. The van der Waals surface area contributed by atoms with E-state index in [-0.39, 0.29) is 0 Å². The fourth-order valence-electron chi connectivity index (χ4n) is 3.26. The zero-order valence-electron chi connectivity index (χ0n) is 15.7. The van der Waals surface area contributed by atoms with Gasteiger partial charge in [0.1, 0.15) is 17.3 Å². The van der Waals surface area contributed by atoms with Crippen molar-refractivity contribution in [3.8, 4) is 11.4 Å². The van der Waals surface area contributed by atoms with E-state index in [1.807, 2.05) is 49.1 Å². The molecule has 0 fully saturated rings. The number of fused-ring (bicyclic) bond motifs is 1. The zero-order chi connectivity index (χ0) is 18.8. The average molecular weight is 365 g/mol. The van der Waals surface area contributed by atoms with Crippen LogP contribution < -0.4 is 20.7 Å². The summed E-state index contributed by atoms with van der Waals surface area (Å²) >= 11 is 0. The van der Waals surface area contributed by atoms with Gasteiger partial charge in [0, 0.05) is 31.0 Å². The van der Waals surface area contributed by atoms with Gasteiger partial charge in [-0.1, -0.05) is 0 Å². The highest BCUT2D eigenvalue weighted by atomic mass is 16.5. The van der Waals surface area contributed by atoms with Crippen LogP contribution in [0.3, 0.4) is 0 Å². The molecule has 0 radical (unpaired) electrons. The molecule has 140 valence electrons. The van der Waals surface area contributed by atoms with Crippen molar-refractivity contribution in [1.29, 1.82) is 0 Å². The average Bonchev–Trinajstić information content (AvgIpc) is 3.11. The first kappa shape index (κ1) is 17.3. The molecule has 1 aromatic carbocycles. The number of aromatic nitrogens is 4. The molecule has 2 aromatic heterocycles. The molecule has 3 heterocycles. The smallest absolute Gasteiger partial charge is 0.229 e. The molecular formula is C19H23N7O. The Hall–Kier alpha value is -3.13. The van der Waals surface area contributed by atoms with Gasteiger partial charge >= 0.3 is 0 Å². The summed E-state index contributed by atoms with van der Waals surface area (Å²) in [6.45, 7) is 3.72. The van der Waals surface area contributed by atoms with Gasteiger partial charge in [-0.3, -0.25) is 0 Å². The van der Waals surface area contributed by atoms with Gasteiger partial charge in [0.15, 0.2) is 0 Å². The minimum absolute atomic E-state index is 0.541. The molecule has 3 aromatic rings. The molecule has 0 spiro atoms. The Labute approximate surface area is 158 Å². The quantitative estimate of drug-likeness (QED) is 0.640. The first-order chi connectivity index (χ1) is 13.2. The molecule has 0 saturated carbocycles. The predicted octanol–water partition coefficient (Wildman–Crippen LogP) is 2.41. The molecule has 0 atom stereocenters. The maximum Gasteiger partial charge on any atom is 0.229 e. The number of hydrogen-bond donors (Lipinski definition) is 3. The van der Waals surface area contributed by atoms with E-state index in [4.69, 9.17) is 4.74 Å². The van der Waals surface area contributed by atoms with E-state index in [0.29, 0.717) is 5.95 Å². The van der Waals surface area contributed by atoms with E-state index in [1.54, 1.807) is 7.11 Å². The summed E-state index contributed by atoms with van der Waals surface area (Å²) in [5.74, 6) is 2.07. The van der Waals surface area contributed by atoms with Crippen LogP contribution in [0, 0.1) is 6.92 Å². The van der Waals surface area contributed by atoms with Crippen molar-refractivity contribution in [2.24, 2.45) is 0 Å². The number of rotatable bonds is 5. The number of nitrogens with one attached hydrogen (secondary N) is 3. The fraction of sp³-hybridized carbons (Fsp3) is 0.316. The first-order valence-electron chi connectivity index (χ1n) is 8.93. The van der Waals surface area contributed by atoms with Gasteiger partial charge in [-0.05, 0) is 43.7 Å². The SMILES string of the molecule is CNc1cc(C)nc(Nc2ccc(OC)c(-n3ncc4c3CNCC4)c2)n1. The van der Waals surface area contributed by atoms with Crippen molar-refractivity contribution < 1.29 is 4.74 Å². The van der Waals surface area contributed by atoms with Crippen LogP contribution in [0.25, 0.3) is 5.69 Å². The second-order valence-corrected chi connectivity index (χ2v) is 6.43. The molecule has 8 heteroatoms. The molecule has 0 unspecified atom stereocenters. The molecule has 0 bridgehead atoms. The number of nitrogens with zero attached hydrogens (tertiary/aromatic N) is 4. The summed E-state index contributed by atoms with van der Waals surface area (Å²) in [4.78, 5) is 8.91. The van der Waals surface area contributed by atoms with E-state index < -0.39 is 0 Å². The van der Waals surface area contributed by atoms with Gasteiger partial charge in [0.05, 0.1) is 19.0 Å². The Balaban J connectivity index is 1.71. The van der Waals surface area contributed by atoms with Crippen molar-refractivity contribution in [3.05, 3.63) is 47.4 Å². The second kappa shape index (κ2) is 7.24. The third-order valence-corrected chi connectivity index (χ3v) is 4.59. The maximum atomic E-state index is 5.57. The van der Waals surface area contributed by atoms with Gasteiger partial charge < -0.3 is 20.7 Å². The topological polar surface area (TPSA) is 88.9 Å². The Bertz CT molecular complexity index is 967. The third-order valence-electron chi connectivity index (χ3n) is 4.59.